The van der Waals surface area contributed by atoms with Crippen LogP contribution >= 0.6 is 0 Å². The Morgan fingerprint density at radius 1 is 0.760 bits per heavy atom. The number of phenolic OH excluding ortho intramolecular Hbond substituents is 1. The maximum Gasteiger partial charge on any atom is 0.274 e. The molecule has 0 saturated heterocycles. The van der Waals surface area contributed by atoms with Crippen LogP contribution in [0.3, 0.4) is 0 Å². The van der Waals surface area contributed by atoms with Gasteiger partial charge in [0.25, 0.3) is 5.85 Å². The van der Waals surface area contributed by atoms with Crippen molar-refractivity contribution in [3.63, 3.8) is 0 Å². The molecular weight excluding hydrogens is 371 g/mol. The molecule has 0 spiro atoms. The van der Waals surface area contributed by atoms with Crippen molar-refractivity contribution in [3.05, 3.63) is 46.0 Å². The van der Waals surface area contributed by atoms with Gasteiger partial charge in [-0.1, -0.05) is 0 Å². The van der Waals surface area contributed by atoms with Crippen LogP contribution in [-0.4, -0.2) is 16.4 Å². The number of phenols is 1. The zero-order valence-corrected chi connectivity index (χ0v) is 11.4. The number of aromatic hydroxyl groups is 1. The highest BCUT2D eigenvalue weighted by Crippen LogP contribution is 2.51. The lowest BCUT2D eigenvalue weighted by atomic mass is 9.86. The highest BCUT2D eigenvalue weighted by atomic mass is 19.2. The lowest BCUT2D eigenvalue weighted by Crippen LogP contribution is -2.38. The molecular formula is C14H3F9O2. The monoisotopic (exact) mass is 374 g/mol. The highest BCUT2D eigenvalue weighted by Gasteiger charge is 2.53. The van der Waals surface area contributed by atoms with Crippen LogP contribution in [0.4, 0.5) is 39.5 Å². The van der Waals surface area contributed by atoms with Gasteiger partial charge in [0.1, 0.15) is 11.6 Å². The number of rotatable bonds is 0. The largest absolute Gasteiger partial charge is 0.504 e. The van der Waals surface area contributed by atoms with Gasteiger partial charge < -0.3 is 10.2 Å². The van der Waals surface area contributed by atoms with Gasteiger partial charge in [-0.05, 0) is 0 Å². The number of hydrogen-bond donors (Lipinski definition) is 2. The molecule has 3 rings (SSSR count). The quantitative estimate of drug-likeness (QED) is 0.533. The fourth-order valence-electron chi connectivity index (χ4n) is 2.60. The van der Waals surface area contributed by atoms with Gasteiger partial charge in [-0.25, -0.2) is 35.1 Å². The van der Waals surface area contributed by atoms with Crippen molar-refractivity contribution in [1.29, 1.82) is 0 Å². The summed E-state index contributed by atoms with van der Waals surface area (Å²) < 4.78 is 124. The Balaban J connectivity index is 2.69. The van der Waals surface area contributed by atoms with Crippen LogP contribution in [0.25, 0.3) is 16.6 Å². The molecule has 2 unspecified atom stereocenters. The first-order chi connectivity index (χ1) is 11.4. The molecule has 11 heteroatoms. The molecule has 0 fully saturated rings. The zero-order chi connectivity index (χ0) is 19.0. The van der Waals surface area contributed by atoms with Crippen molar-refractivity contribution in [3.8, 4) is 5.75 Å². The van der Waals surface area contributed by atoms with Crippen LogP contribution < -0.4 is 0 Å². The predicted octanol–water partition coefficient (Wildman–Crippen LogP) is 4.31. The van der Waals surface area contributed by atoms with E-state index in [2.05, 4.69) is 0 Å². The summed E-state index contributed by atoms with van der Waals surface area (Å²) in [5.74, 6) is -24.0. The average Bonchev–Trinajstić information content (AvgIpc) is 2.55. The van der Waals surface area contributed by atoms with Gasteiger partial charge in [0, 0.05) is 0 Å². The van der Waals surface area contributed by atoms with Crippen LogP contribution in [0.5, 0.6) is 5.75 Å². The van der Waals surface area contributed by atoms with Gasteiger partial charge >= 0.3 is 0 Å². The first-order valence-electron chi connectivity index (χ1n) is 6.25. The molecule has 1 aliphatic rings. The van der Waals surface area contributed by atoms with Gasteiger partial charge in [-0.15, -0.1) is 0 Å². The fraction of sp³-hybridized carbons (Fsp3) is 0.143. The van der Waals surface area contributed by atoms with Crippen molar-refractivity contribution >= 4 is 16.6 Å². The van der Waals surface area contributed by atoms with E-state index in [1.807, 2.05) is 0 Å². The topological polar surface area (TPSA) is 40.5 Å². The van der Waals surface area contributed by atoms with Gasteiger partial charge in [-0.2, -0.15) is 4.39 Å². The van der Waals surface area contributed by atoms with Gasteiger partial charge in [0.05, 0.1) is 21.9 Å². The summed E-state index contributed by atoms with van der Waals surface area (Å²) in [7, 11) is 0. The molecule has 134 valence electrons. The number of alkyl halides is 2. The van der Waals surface area contributed by atoms with Gasteiger partial charge in [0.15, 0.2) is 29.0 Å². The molecule has 0 radical (unpaired) electrons. The molecule has 2 atom stereocenters. The van der Waals surface area contributed by atoms with Crippen LogP contribution in [0.15, 0.2) is 5.83 Å². The molecule has 0 aromatic heterocycles. The Morgan fingerprint density at radius 3 is 1.88 bits per heavy atom. The van der Waals surface area contributed by atoms with Crippen molar-refractivity contribution in [2.45, 2.75) is 12.0 Å². The molecule has 2 aromatic rings. The standard InChI is InChI=1S/C14H3F9O2/c15-5-2-1(7(17)9(19)10(20)12(2)24)6(16)4-3(5)8(18)11(21)13(22)14(4,23)25/h13,24-25H. The third-order valence-corrected chi connectivity index (χ3v) is 3.77. The molecule has 2 nitrogen and oxygen atoms in total. The van der Waals surface area contributed by atoms with E-state index < -0.39 is 80.4 Å². The number of fused-ring (bicyclic) bond motifs is 2. The minimum absolute atomic E-state index is 1.79. The summed E-state index contributed by atoms with van der Waals surface area (Å²) in [4.78, 5) is 0. The van der Waals surface area contributed by atoms with Crippen molar-refractivity contribution in [2.75, 3.05) is 0 Å². The highest BCUT2D eigenvalue weighted by molar-refractivity contribution is 5.94. The summed E-state index contributed by atoms with van der Waals surface area (Å²) in [6.07, 6.45) is -3.84. The molecule has 2 N–H and O–H groups in total. The maximum atomic E-state index is 14.4. The molecule has 0 bridgehead atoms. The van der Waals surface area contributed by atoms with Crippen molar-refractivity contribution < 1.29 is 49.7 Å². The molecule has 0 heterocycles. The summed E-state index contributed by atoms with van der Waals surface area (Å²) in [6.45, 7) is 0. The third-order valence-electron chi connectivity index (χ3n) is 3.77. The van der Waals surface area contributed by atoms with Crippen LogP contribution in [-0.2, 0) is 5.85 Å². The normalized spacial score (nSPS) is 23.4. The van der Waals surface area contributed by atoms with Crippen LogP contribution in [0.2, 0.25) is 0 Å². The molecule has 2 aromatic carbocycles. The lowest BCUT2D eigenvalue weighted by Gasteiger charge is -2.30. The predicted molar refractivity (Wildman–Crippen MR) is 64.4 cm³/mol. The van der Waals surface area contributed by atoms with Crippen molar-refractivity contribution in [1.82, 2.24) is 0 Å². The van der Waals surface area contributed by atoms with Gasteiger partial charge in [-0.3, -0.25) is 0 Å². The number of benzene rings is 2. The average molecular weight is 374 g/mol. The molecule has 1 aliphatic carbocycles. The summed E-state index contributed by atoms with van der Waals surface area (Å²) in [5, 5.41) is 14.9. The Morgan fingerprint density at radius 2 is 1.32 bits per heavy atom. The molecule has 0 amide bonds. The molecule has 25 heavy (non-hydrogen) atoms. The van der Waals surface area contributed by atoms with Crippen LogP contribution in [0, 0.1) is 29.1 Å². The van der Waals surface area contributed by atoms with Gasteiger partial charge in [0.2, 0.25) is 12.0 Å². The lowest BCUT2D eigenvalue weighted by molar-refractivity contribution is -0.149. The third kappa shape index (κ3) is 1.92. The Kier molecular flexibility index (Phi) is 3.50. The number of aliphatic hydroxyl groups is 1. The van der Waals surface area contributed by atoms with Crippen LogP contribution in [0.1, 0.15) is 11.1 Å². The Hall–Kier alpha value is -2.43. The molecule has 0 aliphatic heterocycles. The maximum absolute atomic E-state index is 14.4. The summed E-state index contributed by atoms with van der Waals surface area (Å²) >= 11 is 0. The second-order valence-electron chi connectivity index (χ2n) is 5.12. The van der Waals surface area contributed by atoms with Crippen molar-refractivity contribution in [2.24, 2.45) is 0 Å². The summed E-state index contributed by atoms with van der Waals surface area (Å²) in [6, 6.07) is 0. The van der Waals surface area contributed by atoms with E-state index in [9.17, 15) is 49.7 Å². The minimum atomic E-state index is -4.69. The summed E-state index contributed by atoms with van der Waals surface area (Å²) in [5.41, 5.74) is -4.24. The Bertz CT molecular complexity index is 981. The zero-order valence-electron chi connectivity index (χ0n) is 11.4. The first-order valence-corrected chi connectivity index (χ1v) is 6.25. The van der Waals surface area contributed by atoms with E-state index in [1.54, 1.807) is 0 Å². The Labute approximate surface area is 131 Å². The van der Waals surface area contributed by atoms with E-state index in [0.717, 1.165) is 0 Å². The fourth-order valence-corrected chi connectivity index (χ4v) is 2.60. The smallest absolute Gasteiger partial charge is 0.274 e. The van der Waals surface area contributed by atoms with E-state index in [4.69, 9.17) is 0 Å². The number of halogens is 9. The SMILES string of the molecule is Oc1c(F)c(F)c(F)c2c(F)c3c(c(F)c12)C(F)=C(F)C(F)C3(O)F. The first kappa shape index (κ1) is 17.4. The second-order valence-corrected chi connectivity index (χ2v) is 5.12. The van der Waals surface area contributed by atoms with E-state index in [-0.39, 0.29) is 0 Å². The van der Waals surface area contributed by atoms with E-state index in [0.29, 0.717) is 0 Å². The molecule has 0 saturated carbocycles. The van der Waals surface area contributed by atoms with E-state index in [1.165, 1.54) is 0 Å². The minimum Gasteiger partial charge on any atom is -0.504 e. The second kappa shape index (κ2) is 5.04. The number of hydrogen-bond acceptors (Lipinski definition) is 2. The van der Waals surface area contributed by atoms with E-state index >= 15 is 0 Å².